The number of aromatic nitrogens is 7. The molecular weight excluding hydrogens is 471 g/mol. The molecule has 13 heteroatoms. The van der Waals surface area contributed by atoms with Crippen molar-refractivity contribution in [2.75, 3.05) is 5.32 Å². The Morgan fingerprint density at radius 2 is 1.94 bits per heavy atom. The molecule has 5 rings (SSSR count). The molecule has 1 atom stereocenters. The summed E-state index contributed by atoms with van der Waals surface area (Å²) in [6, 6.07) is 5.24. The van der Waals surface area contributed by atoms with Gasteiger partial charge < -0.3 is 14.5 Å². The third kappa shape index (κ3) is 3.94. The zero-order valence-corrected chi connectivity index (χ0v) is 19.0. The van der Waals surface area contributed by atoms with E-state index in [0.717, 1.165) is 15.7 Å². The van der Waals surface area contributed by atoms with Gasteiger partial charge >= 0.3 is 12.3 Å². The quantitative estimate of drug-likeness (QED) is 0.409. The van der Waals surface area contributed by atoms with Crippen molar-refractivity contribution in [3.05, 3.63) is 48.2 Å². The Hall–Kier alpha value is -3.77. The van der Waals surface area contributed by atoms with Crippen LogP contribution in [0.25, 0.3) is 22.6 Å². The molecule has 1 N–H and O–H groups in total. The van der Waals surface area contributed by atoms with Gasteiger partial charge in [0.2, 0.25) is 5.82 Å². The predicted octanol–water partition coefficient (Wildman–Crippen LogP) is 4.69. The third-order valence-corrected chi connectivity index (χ3v) is 5.93. The van der Waals surface area contributed by atoms with E-state index in [-0.39, 0.29) is 12.4 Å². The normalized spacial score (nSPS) is 17.9. The van der Waals surface area contributed by atoms with Crippen molar-refractivity contribution < 1.29 is 22.0 Å². The van der Waals surface area contributed by atoms with Crippen LogP contribution in [0, 0.1) is 6.92 Å². The summed E-state index contributed by atoms with van der Waals surface area (Å²) >= 11 is 0. The number of nitrogens with one attached hydrogen (secondary N) is 1. The lowest BCUT2D eigenvalue weighted by atomic mass is 10.0. The van der Waals surface area contributed by atoms with E-state index in [9.17, 15) is 17.6 Å². The molecule has 0 bridgehead atoms. The molecule has 1 aliphatic heterocycles. The van der Waals surface area contributed by atoms with Gasteiger partial charge in [0, 0.05) is 31.1 Å². The molecule has 0 saturated carbocycles. The lowest BCUT2D eigenvalue weighted by molar-refractivity contribution is -0.143. The Morgan fingerprint density at radius 3 is 2.63 bits per heavy atom. The van der Waals surface area contributed by atoms with Crippen LogP contribution < -0.4 is 5.32 Å². The average Bonchev–Trinajstić information content (AvgIpc) is 3.46. The highest BCUT2D eigenvalue weighted by Gasteiger charge is 2.49. The minimum absolute atomic E-state index is 0.104. The first-order valence-corrected chi connectivity index (χ1v) is 10.7. The van der Waals surface area contributed by atoms with Crippen LogP contribution >= 0.6 is 0 Å². The van der Waals surface area contributed by atoms with Crippen molar-refractivity contribution in [1.29, 1.82) is 0 Å². The average molecular weight is 492 g/mol. The lowest BCUT2D eigenvalue weighted by Gasteiger charge is -2.22. The van der Waals surface area contributed by atoms with E-state index in [0.29, 0.717) is 22.9 Å². The molecule has 0 aliphatic carbocycles. The van der Waals surface area contributed by atoms with E-state index in [1.165, 1.54) is 6.92 Å². The second kappa shape index (κ2) is 7.89. The maximum atomic E-state index is 15.4. The van der Waals surface area contributed by atoms with Gasteiger partial charge in [-0.25, -0.2) is 18.2 Å². The smallest absolute Gasteiger partial charge is 0.341 e. The van der Waals surface area contributed by atoms with Crippen molar-refractivity contribution in [3.63, 3.8) is 0 Å². The minimum atomic E-state index is -4.57. The monoisotopic (exact) mass is 492 g/mol. The number of halogens is 5. The maximum Gasteiger partial charge on any atom is 0.365 e. The summed E-state index contributed by atoms with van der Waals surface area (Å²) in [5, 5.41) is 14.4. The summed E-state index contributed by atoms with van der Waals surface area (Å²) in [5.41, 5.74) is 0.501. The number of anilines is 2. The topological polar surface area (TPSA) is 78.4 Å². The Morgan fingerprint density at radius 1 is 1.17 bits per heavy atom. The van der Waals surface area contributed by atoms with Crippen molar-refractivity contribution in [2.45, 2.75) is 45.0 Å². The summed E-state index contributed by atoms with van der Waals surface area (Å²) in [6.45, 7) is 2.30. The van der Waals surface area contributed by atoms with Gasteiger partial charge in [-0.2, -0.15) is 13.9 Å². The highest BCUT2D eigenvalue weighted by atomic mass is 19.3. The molecule has 0 radical (unpaired) electrons. The van der Waals surface area contributed by atoms with Crippen molar-refractivity contribution >= 4 is 11.6 Å². The predicted molar refractivity (Wildman–Crippen MR) is 117 cm³/mol. The molecule has 35 heavy (non-hydrogen) atoms. The van der Waals surface area contributed by atoms with Crippen LogP contribution in [-0.4, -0.2) is 46.2 Å². The number of hydrogen-bond acceptors (Lipinski definition) is 5. The summed E-state index contributed by atoms with van der Waals surface area (Å²) in [4.78, 5) is 4.38. The fourth-order valence-corrected chi connectivity index (χ4v) is 4.23. The minimum Gasteiger partial charge on any atom is -0.341 e. The fraction of sp³-hybridized carbons (Fsp3) is 0.364. The molecule has 0 spiro atoms. The molecule has 5 heterocycles. The zero-order valence-electron chi connectivity index (χ0n) is 19.0. The number of hydrogen-bond donors (Lipinski definition) is 1. The Labute approximate surface area is 196 Å². The van der Waals surface area contributed by atoms with E-state index in [1.807, 2.05) is 6.92 Å². The lowest BCUT2D eigenvalue weighted by Crippen LogP contribution is -2.33. The van der Waals surface area contributed by atoms with Crippen molar-refractivity contribution in [2.24, 2.45) is 7.05 Å². The standard InChI is InChI=1S/C22H21F5N8/c1-12-8-28-16(30-17-4-5-29-33(17)3)7-14(12)13-6-15-18-31-32-20(22(26,27)19(23)24)35(18)11-21(2,25)10-34(15)9-13/h4-9,19H,10-11H2,1-3H3,(H,28,30). The zero-order chi connectivity index (χ0) is 25.1. The molecule has 1 unspecified atom stereocenters. The molecule has 8 nitrogen and oxygen atoms in total. The molecule has 0 fully saturated rings. The number of nitrogens with zero attached hydrogens (tertiary/aromatic N) is 7. The van der Waals surface area contributed by atoms with Gasteiger partial charge in [0.05, 0.1) is 25.0 Å². The first kappa shape index (κ1) is 23.0. The summed E-state index contributed by atoms with van der Waals surface area (Å²) in [6.07, 6.45) is 0.980. The Bertz CT molecular complexity index is 1400. The summed E-state index contributed by atoms with van der Waals surface area (Å²) in [5.74, 6) is -4.68. The molecule has 184 valence electrons. The first-order chi connectivity index (χ1) is 16.5. The molecule has 0 amide bonds. The van der Waals surface area contributed by atoms with E-state index in [4.69, 9.17) is 0 Å². The third-order valence-electron chi connectivity index (χ3n) is 5.93. The van der Waals surface area contributed by atoms with E-state index in [1.54, 1.807) is 53.1 Å². The summed E-state index contributed by atoms with van der Waals surface area (Å²) < 4.78 is 73.8. The molecule has 0 saturated heterocycles. The Kier molecular flexibility index (Phi) is 5.18. The van der Waals surface area contributed by atoms with Gasteiger partial charge in [-0.15, -0.1) is 10.2 Å². The molecule has 1 aliphatic rings. The maximum absolute atomic E-state index is 15.4. The van der Waals surface area contributed by atoms with Crippen LogP contribution in [0.3, 0.4) is 0 Å². The summed E-state index contributed by atoms with van der Waals surface area (Å²) in [7, 11) is 1.78. The number of pyridine rings is 1. The number of alkyl halides is 5. The molecule has 4 aromatic rings. The molecule has 0 aromatic carbocycles. The molecule has 4 aromatic heterocycles. The number of rotatable bonds is 5. The highest BCUT2D eigenvalue weighted by Crippen LogP contribution is 2.40. The van der Waals surface area contributed by atoms with Gasteiger partial charge in [0.1, 0.15) is 17.3 Å². The second-order valence-corrected chi connectivity index (χ2v) is 8.86. The largest absolute Gasteiger partial charge is 0.365 e. The Balaban J connectivity index is 1.60. The van der Waals surface area contributed by atoms with Crippen molar-refractivity contribution in [3.8, 4) is 22.6 Å². The second-order valence-electron chi connectivity index (χ2n) is 8.86. The van der Waals surface area contributed by atoms with Gasteiger partial charge in [-0.05, 0) is 37.1 Å². The van der Waals surface area contributed by atoms with Crippen LogP contribution in [-0.2, 0) is 26.1 Å². The number of fused-ring (bicyclic) bond motifs is 3. The van der Waals surface area contributed by atoms with Crippen LogP contribution in [0.1, 0.15) is 18.3 Å². The van der Waals surface area contributed by atoms with Gasteiger partial charge in [-0.1, -0.05) is 0 Å². The number of aryl methyl sites for hydroxylation is 2. The van der Waals surface area contributed by atoms with Crippen LogP contribution in [0.15, 0.2) is 36.8 Å². The molecular formula is C22H21F5N8. The van der Waals surface area contributed by atoms with E-state index < -0.39 is 30.4 Å². The first-order valence-electron chi connectivity index (χ1n) is 10.7. The van der Waals surface area contributed by atoms with Crippen LogP contribution in [0.4, 0.5) is 33.6 Å². The van der Waals surface area contributed by atoms with E-state index >= 15 is 4.39 Å². The highest BCUT2D eigenvalue weighted by molar-refractivity contribution is 5.75. The van der Waals surface area contributed by atoms with Gasteiger partial charge in [-0.3, -0.25) is 4.68 Å². The van der Waals surface area contributed by atoms with Crippen molar-refractivity contribution in [1.82, 2.24) is 34.1 Å². The fourth-order valence-electron chi connectivity index (χ4n) is 4.23. The van der Waals surface area contributed by atoms with Gasteiger partial charge in [0.15, 0.2) is 5.82 Å². The van der Waals surface area contributed by atoms with Gasteiger partial charge in [0.25, 0.3) is 0 Å². The van der Waals surface area contributed by atoms with Crippen LogP contribution in [0.2, 0.25) is 0 Å². The van der Waals surface area contributed by atoms with Crippen LogP contribution in [0.5, 0.6) is 0 Å². The van der Waals surface area contributed by atoms with E-state index in [2.05, 4.69) is 25.6 Å². The SMILES string of the molecule is Cc1cnc(Nc2ccnn2C)cc1-c1cc2n(c1)CC(C)(F)Cn1c-2nnc1C(F)(F)C(F)F.